The van der Waals surface area contributed by atoms with Gasteiger partial charge in [0.05, 0.1) is 14.2 Å². The van der Waals surface area contributed by atoms with Crippen molar-refractivity contribution in [3.63, 3.8) is 0 Å². The van der Waals surface area contributed by atoms with E-state index in [1.165, 1.54) is 20.3 Å². The van der Waals surface area contributed by atoms with E-state index in [1.54, 1.807) is 0 Å². The number of nitrogens with zero attached hydrogens (tertiary/aromatic N) is 2. The molecule has 1 rings (SSSR count). The van der Waals surface area contributed by atoms with Gasteiger partial charge in [0.1, 0.15) is 0 Å². The number of aromatic nitrogens is 2. The molecule has 0 aliphatic rings. The first kappa shape index (κ1) is 13.7. The number of carbonyl (C=O) groups excluding carboxylic acids is 1. The van der Waals surface area contributed by atoms with E-state index in [0.717, 1.165) is 0 Å². The van der Waals surface area contributed by atoms with Gasteiger partial charge >= 0.3 is 18.9 Å². The fourth-order valence-electron chi connectivity index (χ4n) is 0.952. The summed E-state index contributed by atoms with van der Waals surface area (Å²) in [6, 6.07) is 1.45. The van der Waals surface area contributed by atoms with Crippen molar-refractivity contribution in [3.8, 4) is 11.8 Å². The molecule has 0 aliphatic heterocycles. The number of rotatable bonds is 4. The van der Waals surface area contributed by atoms with Crippen LogP contribution in [0, 0.1) is 0 Å². The summed E-state index contributed by atoms with van der Waals surface area (Å²) in [5, 5.41) is 17.6. The van der Waals surface area contributed by atoms with Gasteiger partial charge in [-0.3, -0.25) is 0 Å². The Labute approximate surface area is 98.8 Å². The van der Waals surface area contributed by atoms with Gasteiger partial charge in [0.15, 0.2) is 0 Å². The normalized spacial score (nSPS) is 8.93. The molecule has 6 nitrogen and oxygen atoms in total. The monoisotopic (exact) mass is 204 g/mol. The number of carboxylic acid groups (broad SMARTS) is 1. The smallest absolute Gasteiger partial charge is 0.550 e. The summed E-state index contributed by atoms with van der Waals surface area (Å²) < 4.78 is 9.62. The Morgan fingerprint density at radius 1 is 1.40 bits per heavy atom. The fraction of sp³-hybridized carbons (Fsp3) is 0.375. The van der Waals surface area contributed by atoms with E-state index in [4.69, 9.17) is 9.47 Å². The molecule has 0 unspecified atom stereocenters. The summed E-state index contributed by atoms with van der Waals surface area (Å²) in [7, 11) is 2.80. The molecule has 1 aromatic rings. The first-order chi connectivity index (χ1) is 6.67. The predicted octanol–water partition coefficient (Wildman–Crippen LogP) is -4.21. The summed E-state index contributed by atoms with van der Waals surface area (Å²) in [5.74, 6) is -0.810. The standard InChI is InChI=1S/C8H10N2O4.Li/c1-13-6-3-5(4-7(11)12)8(14-2)10-9-6;/h3H,4H2,1-2H3,(H,11,12);/q;+1/p-1. The largest absolute Gasteiger partial charge is 1.00 e. The van der Waals surface area contributed by atoms with E-state index in [1.807, 2.05) is 0 Å². The van der Waals surface area contributed by atoms with Crippen LogP contribution in [-0.2, 0) is 11.2 Å². The minimum Gasteiger partial charge on any atom is -0.550 e. The van der Waals surface area contributed by atoms with Gasteiger partial charge in [-0.05, 0) is 0 Å². The van der Waals surface area contributed by atoms with Crippen LogP contribution in [0.5, 0.6) is 11.8 Å². The van der Waals surface area contributed by atoms with Crippen molar-refractivity contribution in [2.45, 2.75) is 6.42 Å². The van der Waals surface area contributed by atoms with Crippen molar-refractivity contribution in [3.05, 3.63) is 11.6 Å². The van der Waals surface area contributed by atoms with Crippen LogP contribution in [-0.4, -0.2) is 30.4 Å². The van der Waals surface area contributed by atoms with Crippen molar-refractivity contribution < 1.29 is 38.2 Å². The molecule has 0 spiro atoms. The molecule has 0 saturated heterocycles. The maximum absolute atomic E-state index is 10.4. The number of hydrogen-bond acceptors (Lipinski definition) is 6. The second kappa shape index (κ2) is 6.27. The van der Waals surface area contributed by atoms with Gasteiger partial charge in [0.2, 0.25) is 11.8 Å². The van der Waals surface area contributed by atoms with E-state index in [-0.39, 0.29) is 37.0 Å². The molecule has 0 aliphatic carbocycles. The number of aliphatic carboxylic acids is 1. The van der Waals surface area contributed by atoms with Crippen molar-refractivity contribution in [1.29, 1.82) is 0 Å². The van der Waals surface area contributed by atoms with Crippen LogP contribution >= 0.6 is 0 Å². The van der Waals surface area contributed by atoms with Crippen molar-refractivity contribution in [2.75, 3.05) is 14.2 Å². The molecule has 0 atom stereocenters. The number of carboxylic acids is 1. The van der Waals surface area contributed by atoms with Gasteiger partial charge in [-0.15, -0.1) is 10.2 Å². The average molecular weight is 204 g/mol. The Morgan fingerprint density at radius 2 is 2.07 bits per heavy atom. The molecule has 15 heavy (non-hydrogen) atoms. The quantitative estimate of drug-likeness (QED) is 0.462. The second-order valence-corrected chi connectivity index (χ2v) is 2.47. The Kier molecular flexibility index (Phi) is 5.75. The molecule has 1 heterocycles. The van der Waals surface area contributed by atoms with Crippen molar-refractivity contribution in [2.24, 2.45) is 0 Å². The molecule has 0 aromatic carbocycles. The van der Waals surface area contributed by atoms with E-state index < -0.39 is 5.97 Å². The zero-order chi connectivity index (χ0) is 10.6. The molecule has 0 amide bonds. The summed E-state index contributed by atoms with van der Waals surface area (Å²) in [5.41, 5.74) is 0.374. The van der Waals surface area contributed by atoms with Crippen LogP contribution in [0.15, 0.2) is 6.07 Å². The summed E-state index contributed by atoms with van der Waals surface area (Å²) >= 11 is 0. The molecular formula is C8H9LiN2O4. The van der Waals surface area contributed by atoms with E-state index >= 15 is 0 Å². The van der Waals surface area contributed by atoms with Crippen LogP contribution in [0.25, 0.3) is 0 Å². The number of methoxy groups -OCH3 is 2. The Hall–Kier alpha value is -1.25. The Morgan fingerprint density at radius 3 is 2.53 bits per heavy atom. The fourth-order valence-corrected chi connectivity index (χ4v) is 0.952. The summed E-state index contributed by atoms with van der Waals surface area (Å²) in [4.78, 5) is 10.4. The van der Waals surface area contributed by atoms with E-state index in [0.29, 0.717) is 5.56 Å². The maximum Gasteiger partial charge on any atom is 1.00 e. The van der Waals surface area contributed by atoms with Crippen LogP contribution in [0.4, 0.5) is 0 Å². The van der Waals surface area contributed by atoms with Gasteiger partial charge in [-0.1, -0.05) is 0 Å². The van der Waals surface area contributed by atoms with Gasteiger partial charge in [0.25, 0.3) is 0 Å². The van der Waals surface area contributed by atoms with Crippen LogP contribution < -0.4 is 33.4 Å². The van der Waals surface area contributed by atoms with Crippen LogP contribution in [0.1, 0.15) is 5.56 Å². The zero-order valence-corrected chi connectivity index (χ0v) is 8.81. The SMILES string of the molecule is COc1cc(CC(=O)[O-])c(OC)nn1.[Li+]. The first-order valence-electron chi connectivity index (χ1n) is 3.81. The molecule has 0 bridgehead atoms. The third-order valence-electron chi connectivity index (χ3n) is 1.55. The maximum atomic E-state index is 10.4. The zero-order valence-electron chi connectivity index (χ0n) is 8.81. The number of carbonyl (C=O) groups is 1. The third kappa shape index (κ3) is 3.78. The molecular weight excluding hydrogens is 195 g/mol. The second-order valence-electron chi connectivity index (χ2n) is 2.47. The minimum absolute atomic E-state index is 0. The minimum atomic E-state index is -1.21. The Bertz CT molecular complexity index is 345. The molecule has 0 N–H and O–H groups in total. The van der Waals surface area contributed by atoms with Gasteiger partial charge in [-0.2, -0.15) is 0 Å². The van der Waals surface area contributed by atoms with Crippen LogP contribution in [0.2, 0.25) is 0 Å². The first-order valence-corrected chi connectivity index (χ1v) is 3.81. The topological polar surface area (TPSA) is 84.4 Å². The average Bonchev–Trinajstić information content (AvgIpc) is 2.16. The molecule has 1 aromatic heterocycles. The summed E-state index contributed by atoms with van der Waals surface area (Å²) in [6.07, 6.45) is -0.283. The van der Waals surface area contributed by atoms with Crippen molar-refractivity contribution in [1.82, 2.24) is 10.2 Å². The van der Waals surface area contributed by atoms with Gasteiger partial charge in [0, 0.05) is 24.0 Å². The molecule has 0 saturated carbocycles. The molecule has 7 heteroatoms. The molecule has 0 radical (unpaired) electrons. The van der Waals surface area contributed by atoms with E-state index in [2.05, 4.69) is 10.2 Å². The van der Waals surface area contributed by atoms with Gasteiger partial charge < -0.3 is 19.4 Å². The van der Waals surface area contributed by atoms with Crippen LogP contribution in [0.3, 0.4) is 0 Å². The molecule has 0 fully saturated rings. The summed E-state index contributed by atoms with van der Waals surface area (Å²) in [6.45, 7) is 0. The number of hydrogen-bond donors (Lipinski definition) is 0. The van der Waals surface area contributed by atoms with E-state index in [9.17, 15) is 9.90 Å². The van der Waals surface area contributed by atoms with Gasteiger partial charge in [-0.25, -0.2) is 0 Å². The molecule has 76 valence electrons. The number of ether oxygens (including phenoxy) is 2. The van der Waals surface area contributed by atoms with Crippen molar-refractivity contribution >= 4 is 5.97 Å². The Balaban J connectivity index is 0.00000196. The predicted molar refractivity (Wildman–Crippen MR) is 43.8 cm³/mol. The third-order valence-corrected chi connectivity index (χ3v) is 1.55.